The van der Waals surface area contributed by atoms with Crippen molar-refractivity contribution >= 4 is 46.7 Å². The molecule has 292 valence electrons. The zero-order valence-electron chi connectivity index (χ0n) is 30.8. The summed E-state index contributed by atoms with van der Waals surface area (Å²) in [5.74, 6) is -7.91. The van der Waals surface area contributed by atoms with Crippen LogP contribution in [0.2, 0.25) is 5.02 Å². The highest BCUT2D eigenvalue weighted by molar-refractivity contribution is 6.33. The molecule has 4 aromatic rings. The molecular weight excluding hydrogens is 759 g/mol. The van der Waals surface area contributed by atoms with E-state index in [-0.39, 0.29) is 23.6 Å². The molecule has 57 heavy (non-hydrogen) atoms. The van der Waals surface area contributed by atoms with Gasteiger partial charge < -0.3 is 5.11 Å². The first-order chi connectivity index (χ1) is 27.2. The van der Waals surface area contributed by atoms with Crippen molar-refractivity contribution in [2.75, 3.05) is 17.5 Å². The Bertz CT molecular complexity index is 2370. The maximum absolute atomic E-state index is 15.4. The van der Waals surface area contributed by atoms with Gasteiger partial charge in [-0.3, -0.25) is 29.6 Å². The molecule has 3 aromatic carbocycles. The summed E-state index contributed by atoms with van der Waals surface area (Å²) >= 11 is 6.32. The molecule has 4 amide bonds. The van der Waals surface area contributed by atoms with Crippen LogP contribution in [0.3, 0.4) is 0 Å². The predicted molar refractivity (Wildman–Crippen MR) is 205 cm³/mol. The topological polar surface area (TPSA) is 123 Å². The third-order valence-corrected chi connectivity index (χ3v) is 12.2. The molecule has 3 fully saturated rings. The van der Waals surface area contributed by atoms with Crippen LogP contribution in [0.25, 0.3) is 0 Å². The van der Waals surface area contributed by atoms with Crippen LogP contribution in [0, 0.1) is 30.6 Å². The highest BCUT2D eigenvalue weighted by Crippen LogP contribution is 2.65. The van der Waals surface area contributed by atoms with Crippen molar-refractivity contribution in [3.63, 3.8) is 0 Å². The van der Waals surface area contributed by atoms with Gasteiger partial charge in [0.15, 0.2) is 5.82 Å². The van der Waals surface area contributed by atoms with Crippen molar-refractivity contribution in [2.24, 2.45) is 23.7 Å². The largest absolute Gasteiger partial charge is 0.507 e. The molecule has 2 aliphatic heterocycles. The number of amides is 4. The minimum atomic E-state index is -4.82. The Balaban J connectivity index is 1.29. The molecular formula is C43H37ClF3N5O5. The van der Waals surface area contributed by atoms with Crippen molar-refractivity contribution in [1.29, 1.82) is 0 Å². The van der Waals surface area contributed by atoms with Gasteiger partial charge in [-0.1, -0.05) is 95.6 Å². The van der Waals surface area contributed by atoms with Crippen molar-refractivity contribution in [1.82, 2.24) is 15.0 Å². The number of hydrogen-bond donors (Lipinski definition) is 2. The Labute approximate surface area is 331 Å². The highest BCUT2D eigenvalue weighted by atomic mass is 35.5. The number of fused-ring (bicyclic) bond motifs is 4. The van der Waals surface area contributed by atoms with E-state index in [1.165, 1.54) is 7.05 Å². The average Bonchev–Trinajstić information content (AvgIpc) is 3.57. The normalized spacial score (nSPS) is 25.5. The molecule has 2 saturated heterocycles. The Kier molecular flexibility index (Phi) is 9.26. The third kappa shape index (κ3) is 5.81. The van der Waals surface area contributed by atoms with Gasteiger partial charge in [-0.2, -0.15) is 23.2 Å². The lowest BCUT2D eigenvalue weighted by atomic mass is 9.49. The Morgan fingerprint density at radius 2 is 1.68 bits per heavy atom. The number of alkyl halides is 3. The lowest BCUT2D eigenvalue weighted by Crippen LogP contribution is -2.53. The molecule has 0 spiro atoms. The van der Waals surface area contributed by atoms with E-state index in [0.717, 1.165) is 26.7 Å². The van der Waals surface area contributed by atoms with Gasteiger partial charge in [0.25, 0.3) is 23.6 Å². The van der Waals surface area contributed by atoms with Crippen molar-refractivity contribution in [2.45, 2.75) is 43.7 Å². The number of nitrogens with one attached hydrogen (secondary N) is 1. The van der Waals surface area contributed by atoms with Gasteiger partial charge in [-0.05, 0) is 67.5 Å². The fourth-order valence-corrected chi connectivity index (χ4v) is 9.67. The van der Waals surface area contributed by atoms with E-state index in [1.807, 2.05) is 25.1 Å². The number of phenols is 1. The van der Waals surface area contributed by atoms with E-state index in [9.17, 15) is 32.7 Å². The second-order valence-electron chi connectivity index (χ2n) is 15.0. The molecule has 2 aliphatic carbocycles. The molecule has 14 heteroatoms. The lowest BCUT2D eigenvalue weighted by Gasteiger charge is -2.50. The van der Waals surface area contributed by atoms with Crippen LogP contribution in [-0.4, -0.2) is 50.8 Å². The number of para-hydroxylation sites is 1. The molecule has 3 heterocycles. The molecule has 6 atom stereocenters. The first-order valence-corrected chi connectivity index (χ1v) is 18.8. The van der Waals surface area contributed by atoms with Gasteiger partial charge >= 0.3 is 6.18 Å². The van der Waals surface area contributed by atoms with E-state index in [1.54, 1.807) is 66.7 Å². The number of nitrogens with zero attached hydrogens (tertiary/aromatic N) is 4. The molecule has 1 saturated carbocycles. The van der Waals surface area contributed by atoms with Crippen LogP contribution in [0.15, 0.2) is 109 Å². The number of hydrogen-bond acceptors (Lipinski definition) is 8. The predicted octanol–water partition coefficient (Wildman–Crippen LogP) is 7.53. The summed E-state index contributed by atoms with van der Waals surface area (Å²) < 4.78 is 41.2. The van der Waals surface area contributed by atoms with Crippen LogP contribution in [0.1, 0.15) is 46.7 Å². The SMILES string of the molecule is C=CCc1cccc(C2C3=CCC4C(=O)N(N(C)c5nc(C(F)(F)F)ccc5Cl)C(=O)C4C3CC3C(=O)N(Nc4ccc(C)cc4)C(=O)C32c2ccccc2)c1O. The van der Waals surface area contributed by atoms with Gasteiger partial charge in [0, 0.05) is 18.5 Å². The number of anilines is 2. The monoisotopic (exact) mass is 795 g/mol. The number of aromatic nitrogens is 1. The van der Waals surface area contributed by atoms with E-state index in [0.29, 0.717) is 40.4 Å². The second kappa shape index (κ2) is 13.9. The summed E-state index contributed by atoms with van der Waals surface area (Å²) in [6.07, 6.45) is -1.04. The number of halogens is 4. The number of carbonyl (C=O) groups excluding carboxylic acids is 4. The number of phenolic OH excluding ortho intramolecular Hbond substituents is 1. The summed E-state index contributed by atoms with van der Waals surface area (Å²) in [5.41, 5.74) is 3.66. The molecule has 0 bridgehead atoms. The summed E-state index contributed by atoms with van der Waals surface area (Å²) in [6, 6.07) is 23.0. The number of aryl methyl sites for hydroxylation is 1. The molecule has 4 aliphatic rings. The maximum Gasteiger partial charge on any atom is 0.433 e. The number of allylic oxidation sites excluding steroid dienone is 3. The second-order valence-corrected chi connectivity index (χ2v) is 15.4. The van der Waals surface area contributed by atoms with Crippen LogP contribution in [-0.2, 0) is 37.2 Å². The van der Waals surface area contributed by atoms with E-state index < -0.39 is 76.3 Å². The summed E-state index contributed by atoms with van der Waals surface area (Å²) in [5, 5.41) is 14.6. The summed E-state index contributed by atoms with van der Waals surface area (Å²) in [6.45, 7) is 5.74. The molecule has 1 aromatic heterocycles. The first-order valence-electron chi connectivity index (χ1n) is 18.4. The van der Waals surface area contributed by atoms with Gasteiger partial charge in [0.1, 0.15) is 11.4 Å². The standard InChI is InChI=1S/C43H37ClF3N5O5/c1-4-9-24-10-8-13-29(36(24)53)35-27-18-19-28-34(40(56)52(38(28)54)50(3)37-32(44)20-21-33(48-37)43(45,46)47)30(27)22-31-39(55)51(49-26-16-14-23(2)15-17-26)41(57)42(31,35)25-11-6-5-7-12-25/h4-8,10-18,20-21,28,30-31,34-35,49,53H,1,9,19,22H2,2-3H3. The fourth-order valence-electron chi connectivity index (χ4n) is 9.45. The molecule has 10 nitrogen and oxygen atoms in total. The highest BCUT2D eigenvalue weighted by Gasteiger charge is 2.71. The maximum atomic E-state index is 15.4. The molecule has 2 N–H and O–H groups in total. The molecule has 6 unspecified atom stereocenters. The van der Waals surface area contributed by atoms with E-state index in [4.69, 9.17) is 11.6 Å². The Morgan fingerprint density at radius 3 is 2.37 bits per heavy atom. The minimum absolute atomic E-state index is 0.0265. The van der Waals surface area contributed by atoms with Crippen LogP contribution >= 0.6 is 11.6 Å². The van der Waals surface area contributed by atoms with Gasteiger partial charge in [0.05, 0.1) is 33.9 Å². The smallest absolute Gasteiger partial charge is 0.433 e. The number of aromatic hydroxyl groups is 1. The Morgan fingerprint density at radius 1 is 0.965 bits per heavy atom. The van der Waals surface area contributed by atoms with Gasteiger partial charge in [-0.25, -0.2) is 4.98 Å². The lowest BCUT2D eigenvalue weighted by molar-refractivity contribution is -0.142. The van der Waals surface area contributed by atoms with Gasteiger partial charge in [-0.15, -0.1) is 6.58 Å². The fraction of sp³-hybridized carbons (Fsp3) is 0.279. The number of pyridine rings is 1. The molecule has 0 radical (unpaired) electrons. The number of benzene rings is 3. The summed E-state index contributed by atoms with van der Waals surface area (Å²) in [4.78, 5) is 62.9. The van der Waals surface area contributed by atoms with Crippen LogP contribution in [0.5, 0.6) is 5.75 Å². The van der Waals surface area contributed by atoms with E-state index >= 15 is 4.79 Å². The number of carbonyl (C=O) groups is 4. The van der Waals surface area contributed by atoms with Crippen LogP contribution in [0.4, 0.5) is 24.7 Å². The third-order valence-electron chi connectivity index (χ3n) is 11.9. The Hall–Kier alpha value is -5.95. The average molecular weight is 796 g/mol. The number of rotatable bonds is 8. The zero-order chi connectivity index (χ0) is 40.6. The van der Waals surface area contributed by atoms with Crippen molar-refractivity contribution in [3.05, 3.63) is 142 Å². The van der Waals surface area contributed by atoms with E-state index in [2.05, 4.69) is 17.0 Å². The van der Waals surface area contributed by atoms with Gasteiger partial charge in [0.2, 0.25) is 0 Å². The summed E-state index contributed by atoms with van der Waals surface area (Å²) in [7, 11) is 1.25. The van der Waals surface area contributed by atoms with Crippen molar-refractivity contribution < 1.29 is 37.5 Å². The zero-order valence-corrected chi connectivity index (χ0v) is 31.6. The quantitative estimate of drug-likeness (QED) is 0.139. The minimum Gasteiger partial charge on any atom is -0.507 e. The van der Waals surface area contributed by atoms with Crippen molar-refractivity contribution in [3.8, 4) is 5.75 Å². The number of imide groups is 2. The number of hydrazine groups is 2. The van der Waals surface area contributed by atoms with Crippen LogP contribution < -0.4 is 10.4 Å². The first kappa shape index (κ1) is 37.9. The molecule has 8 rings (SSSR count).